The molecule has 0 saturated heterocycles. The SMILES string of the molecule is CC(C)C(C)(C(C)C)C(C)(c1ccccc1)c1ccccc1.CC(C)C(C)(C(C)C)C(C)(c1ccccc1)c1ccccc1.CC1(C)CCCCC1(C)C.CC1(C)CCCCC1(C)C.CC1(C)CCCCC1(C)C.CC1(C)CCCCC1(C)C.CC[C@@]1(C)CCCC[C@@]1(C)CC. The third-order valence-corrected chi connectivity index (χ3v) is 31.8. The van der Waals surface area contributed by atoms with E-state index < -0.39 is 0 Å². The third-order valence-electron chi connectivity index (χ3n) is 31.8. The van der Waals surface area contributed by atoms with Crippen molar-refractivity contribution in [3.63, 3.8) is 0 Å². The highest BCUT2D eigenvalue weighted by molar-refractivity contribution is 5.43. The summed E-state index contributed by atoms with van der Waals surface area (Å²) in [5, 5.41) is 0. The molecule has 5 aliphatic rings. The lowest BCUT2D eigenvalue weighted by atomic mass is 9.50. The Morgan fingerprint density at radius 1 is 0.240 bits per heavy atom. The molecule has 0 heteroatoms. The van der Waals surface area contributed by atoms with Crippen molar-refractivity contribution in [1.29, 1.82) is 0 Å². The number of hydrogen-bond donors (Lipinski definition) is 0. The predicted molar refractivity (Wildman–Crippen MR) is 434 cm³/mol. The zero-order chi connectivity index (χ0) is 73.3. The first-order valence-corrected chi connectivity index (χ1v) is 40.3. The molecular weight excluding hydrogens is 1150 g/mol. The van der Waals surface area contributed by atoms with E-state index >= 15 is 0 Å². The topological polar surface area (TPSA) is 0 Å². The van der Waals surface area contributed by atoms with Crippen LogP contribution < -0.4 is 0 Å². The summed E-state index contributed by atoms with van der Waals surface area (Å²) in [7, 11) is 0. The van der Waals surface area contributed by atoms with Gasteiger partial charge in [0, 0.05) is 10.8 Å². The average Bonchev–Trinajstić information content (AvgIpc) is 0.736. The average molecular weight is 1320 g/mol. The monoisotopic (exact) mass is 1320 g/mol. The van der Waals surface area contributed by atoms with Gasteiger partial charge in [-0.3, -0.25) is 0 Å². The minimum absolute atomic E-state index is 0.0160. The van der Waals surface area contributed by atoms with Crippen LogP contribution >= 0.6 is 0 Å². The van der Waals surface area contributed by atoms with Crippen LogP contribution in [-0.4, -0.2) is 0 Å². The maximum atomic E-state index is 2.50. The molecule has 5 saturated carbocycles. The molecule has 5 aliphatic carbocycles. The highest BCUT2D eigenvalue weighted by atomic mass is 14.6. The Morgan fingerprint density at radius 3 is 0.490 bits per heavy atom. The van der Waals surface area contributed by atoms with Gasteiger partial charge in [-0.1, -0.05) is 420 Å². The van der Waals surface area contributed by atoms with Gasteiger partial charge in [0.1, 0.15) is 0 Å². The van der Waals surface area contributed by atoms with Crippen LogP contribution in [0, 0.1) is 88.7 Å². The molecule has 0 aliphatic heterocycles. The standard InChI is InChI=1S/2C22H30.C12H24.4C10H20/c2*1-17(2)21(5,18(3)4)22(6,19-13-9-7-10-14-19)20-15-11-8-12-16-20;1-5-11(3)9-7-8-10-12(11,4)6-2;4*1-9(2)7-5-6-8-10(9,3)4/h2*7-18H,1-6H3;5-10H2,1-4H3;4*5-8H2,1-4H3/t;;11-,12+;;;;. The van der Waals surface area contributed by atoms with Gasteiger partial charge in [0.25, 0.3) is 0 Å². The van der Waals surface area contributed by atoms with Crippen LogP contribution in [-0.2, 0) is 10.8 Å². The molecule has 0 N–H and O–H groups in total. The fraction of sp³-hybridized carbons (Fsp3) is 0.750. The minimum Gasteiger partial charge on any atom is -0.0648 e. The summed E-state index contributed by atoms with van der Waals surface area (Å²) < 4.78 is 0. The smallest absolute Gasteiger partial charge is 0.0233 e. The van der Waals surface area contributed by atoms with Crippen LogP contribution in [0.15, 0.2) is 121 Å². The Hall–Kier alpha value is -3.12. The molecule has 0 spiro atoms. The first-order chi connectivity index (χ1) is 44.1. The van der Waals surface area contributed by atoms with Gasteiger partial charge in [0.05, 0.1) is 0 Å². The molecule has 0 nitrogen and oxygen atoms in total. The van der Waals surface area contributed by atoms with E-state index in [0.29, 0.717) is 77.8 Å². The largest absolute Gasteiger partial charge is 0.0648 e. The lowest BCUT2D eigenvalue weighted by Gasteiger charge is -2.53. The van der Waals surface area contributed by atoms with Gasteiger partial charge >= 0.3 is 0 Å². The van der Waals surface area contributed by atoms with Crippen molar-refractivity contribution in [3.8, 4) is 0 Å². The molecule has 2 atom stereocenters. The maximum absolute atomic E-state index is 2.50. The summed E-state index contributed by atoms with van der Waals surface area (Å²) in [5.74, 6) is 2.33. The normalized spacial score (nSPS) is 23.8. The predicted octanol–water partition coefficient (Wildman–Crippen LogP) is 31.5. The van der Waals surface area contributed by atoms with Crippen molar-refractivity contribution < 1.29 is 0 Å². The molecule has 0 amide bonds. The molecule has 5 fully saturated rings. The Morgan fingerprint density at radius 2 is 0.375 bits per heavy atom. The Kier molecular flexibility index (Phi) is 31.9. The van der Waals surface area contributed by atoms with Gasteiger partial charge in [0.2, 0.25) is 0 Å². The second-order valence-electron chi connectivity index (χ2n) is 39.8. The molecule has 0 unspecified atom stereocenters. The van der Waals surface area contributed by atoms with E-state index in [1.165, 1.54) is 164 Å². The van der Waals surface area contributed by atoms with E-state index in [2.05, 4.69) is 343 Å². The summed E-state index contributed by atoms with van der Waals surface area (Å²) in [4.78, 5) is 0. The lowest BCUT2D eigenvalue weighted by Crippen LogP contribution is -2.49. The van der Waals surface area contributed by atoms with E-state index in [9.17, 15) is 0 Å². The first-order valence-electron chi connectivity index (χ1n) is 40.3. The van der Waals surface area contributed by atoms with Crippen LogP contribution in [0.25, 0.3) is 0 Å². The number of benzene rings is 4. The van der Waals surface area contributed by atoms with Crippen LogP contribution in [0.4, 0.5) is 0 Å². The van der Waals surface area contributed by atoms with Crippen LogP contribution in [0.5, 0.6) is 0 Å². The Labute approximate surface area is 602 Å². The van der Waals surface area contributed by atoms with E-state index in [1.807, 2.05) is 0 Å². The fourth-order valence-electron chi connectivity index (χ4n) is 18.4. The van der Waals surface area contributed by atoms with Crippen molar-refractivity contribution in [3.05, 3.63) is 144 Å². The van der Waals surface area contributed by atoms with E-state index in [0.717, 1.165) is 0 Å². The molecule has 9 rings (SSSR count). The summed E-state index contributed by atoms with van der Waals surface area (Å²) in [6, 6.07) is 44.0. The van der Waals surface area contributed by atoms with Crippen LogP contribution in [0.3, 0.4) is 0 Å². The first kappa shape index (κ1) is 87.1. The van der Waals surface area contributed by atoms with Gasteiger partial charge in [-0.05, 0) is 175 Å². The number of hydrogen-bond acceptors (Lipinski definition) is 0. The van der Waals surface area contributed by atoms with Crippen molar-refractivity contribution in [2.45, 2.75) is 374 Å². The van der Waals surface area contributed by atoms with Gasteiger partial charge in [-0.2, -0.15) is 0 Å². The van der Waals surface area contributed by atoms with Gasteiger partial charge in [-0.15, -0.1) is 0 Å². The second kappa shape index (κ2) is 35.2. The molecule has 0 aromatic heterocycles. The zero-order valence-corrected chi connectivity index (χ0v) is 70.4. The van der Waals surface area contributed by atoms with Crippen LogP contribution in [0.2, 0.25) is 0 Å². The van der Waals surface area contributed by atoms with Gasteiger partial charge in [-0.25, -0.2) is 0 Å². The van der Waals surface area contributed by atoms with E-state index in [-0.39, 0.29) is 21.7 Å². The van der Waals surface area contributed by atoms with Gasteiger partial charge in [0.15, 0.2) is 0 Å². The van der Waals surface area contributed by atoms with Crippen molar-refractivity contribution >= 4 is 0 Å². The Balaban J connectivity index is 0.000000301. The highest BCUT2D eigenvalue weighted by Crippen LogP contribution is 2.59. The highest BCUT2D eigenvalue weighted by Gasteiger charge is 2.52. The van der Waals surface area contributed by atoms with Crippen molar-refractivity contribution in [2.75, 3.05) is 0 Å². The maximum Gasteiger partial charge on any atom is 0.0233 e. The molecular formula is C96H164. The molecule has 548 valence electrons. The van der Waals surface area contributed by atoms with Crippen LogP contribution in [0.1, 0.15) is 385 Å². The zero-order valence-electron chi connectivity index (χ0n) is 70.4. The van der Waals surface area contributed by atoms with Gasteiger partial charge < -0.3 is 0 Å². The van der Waals surface area contributed by atoms with Crippen molar-refractivity contribution in [1.82, 2.24) is 0 Å². The molecule has 4 aromatic carbocycles. The number of rotatable bonds is 12. The summed E-state index contributed by atoms with van der Waals surface area (Å²) in [5.41, 5.74) is 11.8. The van der Waals surface area contributed by atoms with E-state index in [1.54, 1.807) is 0 Å². The minimum atomic E-state index is -0.0160. The fourth-order valence-corrected chi connectivity index (χ4v) is 18.4. The summed E-state index contributed by atoms with van der Waals surface area (Å²) in [6.07, 6.45) is 31.4. The second-order valence-corrected chi connectivity index (χ2v) is 39.8. The summed E-state index contributed by atoms with van der Waals surface area (Å²) in [6.45, 7) is 77.0. The Bertz CT molecular complexity index is 2350. The molecule has 0 radical (unpaired) electrons. The molecule has 0 heterocycles. The third kappa shape index (κ3) is 20.1. The van der Waals surface area contributed by atoms with E-state index in [4.69, 9.17) is 0 Å². The molecule has 4 aromatic rings. The van der Waals surface area contributed by atoms with Crippen molar-refractivity contribution in [2.24, 2.45) is 88.7 Å². The lowest BCUT2D eigenvalue weighted by molar-refractivity contribution is 0.00896. The molecule has 96 heavy (non-hydrogen) atoms. The summed E-state index contributed by atoms with van der Waals surface area (Å²) >= 11 is 0. The quantitative estimate of drug-likeness (QED) is 0.133. The molecule has 0 bridgehead atoms.